The maximum absolute atomic E-state index is 12.6. The second-order valence-corrected chi connectivity index (χ2v) is 6.38. The highest BCUT2D eigenvalue weighted by molar-refractivity contribution is 9.12. The number of benzene rings is 2. The number of carbonyl (C=O) groups excluding carboxylic acids is 1. The fourth-order valence-corrected chi connectivity index (χ4v) is 3.10. The zero-order chi connectivity index (χ0) is 18.7. The summed E-state index contributed by atoms with van der Waals surface area (Å²) in [5.41, 5.74) is 7.48. The van der Waals surface area contributed by atoms with Crippen LogP contribution in [0.5, 0.6) is 23.0 Å². The van der Waals surface area contributed by atoms with Gasteiger partial charge in [-0.3, -0.25) is 4.79 Å². The van der Waals surface area contributed by atoms with Gasteiger partial charge in [-0.15, -0.1) is 0 Å². The molecule has 0 unspecified atom stereocenters. The van der Waals surface area contributed by atoms with E-state index >= 15 is 0 Å². The van der Waals surface area contributed by atoms with Crippen molar-refractivity contribution in [2.24, 2.45) is 0 Å². The number of anilines is 1. The van der Waals surface area contributed by atoms with E-state index in [1.807, 2.05) is 0 Å². The van der Waals surface area contributed by atoms with Crippen LogP contribution in [0.15, 0.2) is 34.8 Å². The first-order valence-corrected chi connectivity index (χ1v) is 8.66. The van der Waals surface area contributed by atoms with E-state index < -0.39 is 0 Å². The Morgan fingerprint density at radius 2 is 1.85 bits per heavy atom. The minimum Gasteiger partial charge on any atom is -0.495 e. The highest BCUT2D eigenvalue weighted by Gasteiger charge is 2.19. The summed E-state index contributed by atoms with van der Waals surface area (Å²) < 4.78 is 22.0. The molecule has 3 rings (SSSR count). The smallest absolute Gasteiger partial charge is 0.203 e. The van der Waals surface area contributed by atoms with E-state index in [4.69, 9.17) is 24.7 Å². The summed E-state index contributed by atoms with van der Waals surface area (Å²) in [4.78, 5) is 12.6. The molecule has 0 saturated heterocycles. The minimum atomic E-state index is -0.201. The Kier molecular flexibility index (Phi) is 5.37. The molecular formula is C19H18BrNO5. The summed E-state index contributed by atoms with van der Waals surface area (Å²) in [6.45, 7) is 0.939. The lowest BCUT2D eigenvalue weighted by molar-refractivity contribution is 0.104. The molecular weight excluding hydrogens is 402 g/mol. The highest BCUT2D eigenvalue weighted by atomic mass is 79.9. The number of fused-ring (bicyclic) bond motifs is 1. The van der Waals surface area contributed by atoms with Crippen LogP contribution < -0.4 is 24.7 Å². The van der Waals surface area contributed by atoms with Crippen LogP contribution in [0.4, 0.5) is 5.69 Å². The van der Waals surface area contributed by atoms with Gasteiger partial charge in [0.2, 0.25) is 5.75 Å². The van der Waals surface area contributed by atoms with Crippen molar-refractivity contribution in [2.45, 2.75) is 0 Å². The number of ether oxygens (including phenoxy) is 4. The Balaban J connectivity index is 1.91. The van der Waals surface area contributed by atoms with E-state index in [0.717, 1.165) is 5.56 Å². The number of nitrogens with two attached hydrogens (primary N) is 1. The number of nitrogen functional groups attached to an aromatic ring is 1. The molecule has 1 heterocycles. The third-order valence-corrected chi connectivity index (χ3v) is 4.44. The molecule has 0 aromatic heterocycles. The molecule has 6 nitrogen and oxygen atoms in total. The molecule has 2 N–H and O–H groups in total. The summed E-state index contributed by atoms with van der Waals surface area (Å²) in [5.74, 6) is 2.03. The van der Waals surface area contributed by atoms with Gasteiger partial charge in [0, 0.05) is 5.56 Å². The summed E-state index contributed by atoms with van der Waals surface area (Å²) in [5, 5.41) is 0. The lowest BCUT2D eigenvalue weighted by atomic mass is 10.1. The zero-order valence-corrected chi connectivity index (χ0v) is 16.0. The Bertz CT molecular complexity index is 861. The highest BCUT2D eigenvalue weighted by Crippen LogP contribution is 2.41. The fourth-order valence-electron chi connectivity index (χ4n) is 2.60. The second kappa shape index (κ2) is 7.70. The summed E-state index contributed by atoms with van der Waals surface area (Å²) in [6, 6.07) is 8.49. The molecule has 2 aromatic carbocycles. The summed E-state index contributed by atoms with van der Waals surface area (Å²) >= 11 is 3.35. The number of methoxy groups -OCH3 is 2. The van der Waals surface area contributed by atoms with Crippen LogP contribution in [0.1, 0.15) is 15.9 Å². The Morgan fingerprint density at radius 1 is 1.12 bits per heavy atom. The van der Waals surface area contributed by atoms with Crippen LogP contribution in [0.25, 0.3) is 6.08 Å². The number of halogens is 1. The molecule has 1 aliphatic rings. The van der Waals surface area contributed by atoms with Crippen molar-refractivity contribution in [3.63, 3.8) is 0 Å². The monoisotopic (exact) mass is 419 g/mol. The number of carbonyl (C=O) groups is 1. The van der Waals surface area contributed by atoms with Gasteiger partial charge in [-0.1, -0.05) is 0 Å². The van der Waals surface area contributed by atoms with Gasteiger partial charge in [0.15, 0.2) is 17.3 Å². The average Bonchev–Trinajstić information content (AvgIpc) is 2.66. The molecule has 2 aromatic rings. The predicted molar refractivity (Wildman–Crippen MR) is 103 cm³/mol. The van der Waals surface area contributed by atoms with Crippen molar-refractivity contribution in [1.29, 1.82) is 0 Å². The lowest BCUT2D eigenvalue weighted by Crippen LogP contribution is -2.16. The van der Waals surface area contributed by atoms with Crippen molar-refractivity contribution in [3.8, 4) is 23.0 Å². The van der Waals surface area contributed by atoms with Gasteiger partial charge in [0.05, 0.1) is 24.4 Å². The van der Waals surface area contributed by atoms with Crippen molar-refractivity contribution < 1.29 is 23.7 Å². The Hall–Kier alpha value is -2.67. The van der Waals surface area contributed by atoms with Crippen LogP contribution >= 0.6 is 15.9 Å². The quantitative estimate of drug-likeness (QED) is 0.452. The predicted octanol–water partition coefficient (Wildman–Crippen LogP) is 3.68. The minimum absolute atomic E-state index is 0.201. The van der Waals surface area contributed by atoms with Gasteiger partial charge in [0.1, 0.15) is 19.0 Å². The van der Waals surface area contributed by atoms with Gasteiger partial charge in [-0.25, -0.2) is 0 Å². The maximum atomic E-state index is 12.6. The maximum Gasteiger partial charge on any atom is 0.203 e. The normalized spacial score (nSPS) is 13.3. The van der Waals surface area contributed by atoms with Crippen molar-refractivity contribution in [3.05, 3.63) is 45.9 Å². The van der Waals surface area contributed by atoms with Crippen molar-refractivity contribution >= 4 is 33.5 Å². The number of allylic oxidation sites excluding steroid dienone is 1. The van der Waals surface area contributed by atoms with Crippen LogP contribution in [0.2, 0.25) is 0 Å². The van der Waals surface area contributed by atoms with E-state index in [9.17, 15) is 4.79 Å². The van der Waals surface area contributed by atoms with Crippen molar-refractivity contribution in [1.82, 2.24) is 0 Å². The fraction of sp³-hybridized carbons (Fsp3) is 0.211. The van der Waals surface area contributed by atoms with Crippen molar-refractivity contribution in [2.75, 3.05) is 33.2 Å². The SMILES string of the molecule is COc1ccc(C(=O)C(Br)=Cc2cc(OC)c3c(c2)OCCO3)cc1N. The molecule has 0 radical (unpaired) electrons. The van der Waals surface area contributed by atoms with Gasteiger partial charge in [0.25, 0.3) is 0 Å². The first kappa shape index (κ1) is 18.1. The van der Waals surface area contributed by atoms with E-state index in [0.29, 0.717) is 51.9 Å². The largest absolute Gasteiger partial charge is 0.495 e. The molecule has 0 bridgehead atoms. The third-order valence-electron chi connectivity index (χ3n) is 3.85. The molecule has 0 fully saturated rings. The molecule has 0 aliphatic carbocycles. The summed E-state index contributed by atoms with van der Waals surface area (Å²) in [6.07, 6.45) is 1.70. The average molecular weight is 420 g/mol. The third kappa shape index (κ3) is 3.62. The molecule has 0 amide bonds. The first-order chi connectivity index (χ1) is 12.5. The van der Waals surface area contributed by atoms with E-state index in [-0.39, 0.29) is 5.78 Å². The van der Waals surface area contributed by atoms with Crippen LogP contribution in [0, 0.1) is 0 Å². The van der Waals surface area contributed by atoms with E-state index in [1.54, 1.807) is 43.5 Å². The number of hydrogen-bond acceptors (Lipinski definition) is 6. The standard InChI is InChI=1S/C19H18BrNO5/c1-23-15-4-3-12(10-14(15)21)18(22)13(20)7-11-8-16(24-2)19-17(9-11)25-5-6-26-19/h3-4,7-10H,5-6,21H2,1-2H3. The molecule has 0 spiro atoms. The number of ketones is 1. The van der Waals surface area contributed by atoms with Crippen LogP contribution in [0.3, 0.4) is 0 Å². The molecule has 1 aliphatic heterocycles. The summed E-state index contributed by atoms with van der Waals surface area (Å²) in [7, 11) is 3.08. The van der Waals surface area contributed by atoms with Gasteiger partial charge >= 0.3 is 0 Å². The first-order valence-electron chi connectivity index (χ1n) is 7.86. The van der Waals surface area contributed by atoms with Crippen LogP contribution in [-0.2, 0) is 0 Å². The second-order valence-electron chi connectivity index (χ2n) is 5.53. The lowest BCUT2D eigenvalue weighted by Gasteiger charge is -2.21. The van der Waals surface area contributed by atoms with Gasteiger partial charge in [-0.05, 0) is 57.9 Å². The number of rotatable bonds is 5. The Labute approximate surface area is 159 Å². The number of Topliss-reactive ketones (excluding diaryl/α,β-unsaturated/α-hetero) is 1. The Morgan fingerprint density at radius 3 is 2.54 bits per heavy atom. The van der Waals surface area contributed by atoms with E-state index in [1.165, 1.54) is 7.11 Å². The molecule has 136 valence electrons. The number of hydrogen-bond donors (Lipinski definition) is 1. The zero-order valence-electron chi connectivity index (χ0n) is 14.4. The van der Waals surface area contributed by atoms with Gasteiger partial charge in [-0.2, -0.15) is 0 Å². The van der Waals surface area contributed by atoms with E-state index in [2.05, 4.69) is 15.9 Å². The molecule has 0 saturated carbocycles. The van der Waals surface area contributed by atoms with Gasteiger partial charge < -0.3 is 24.7 Å². The molecule has 7 heteroatoms. The molecule has 26 heavy (non-hydrogen) atoms. The molecule has 0 atom stereocenters. The van der Waals surface area contributed by atoms with Crippen LogP contribution in [-0.4, -0.2) is 33.2 Å². The topological polar surface area (TPSA) is 80.0 Å².